The number of carbonyl (C=O) groups excluding carboxylic acids is 1. The molecule has 0 bridgehead atoms. The van der Waals surface area contributed by atoms with Crippen LogP contribution in [0.1, 0.15) is 53.8 Å². The molecule has 116 valence electrons. The van der Waals surface area contributed by atoms with Gasteiger partial charge in [-0.05, 0) is 38.5 Å². The van der Waals surface area contributed by atoms with Gasteiger partial charge in [-0.3, -0.25) is 0 Å². The van der Waals surface area contributed by atoms with Crippen molar-refractivity contribution in [1.29, 1.82) is 0 Å². The molecule has 21 heavy (non-hydrogen) atoms. The van der Waals surface area contributed by atoms with Crippen molar-refractivity contribution in [2.24, 2.45) is 5.73 Å². The zero-order chi connectivity index (χ0) is 15.0. The third kappa shape index (κ3) is 2.87. The normalized spacial score (nSPS) is 19.8. The second kappa shape index (κ2) is 5.85. The quantitative estimate of drug-likeness (QED) is 0.834. The van der Waals surface area contributed by atoms with E-state index in [1.165, 1.54) is 34.7 Å². The van der Waals surface area contributed by atoms with Gasteiger partial charge >= 0.3 is 5.97 Å². The van der Waals surface area contributed by atoms with Crippen molar-refractivity contribution in [3.05, 3.63) is 10.4 Å². The van der Waals surface area contributed by atoms with E-state index >= 15 is 0 Å². The molecule has 0 atom stereocenters. The van der Waals surface area contributed by atoms with Crippen LogP contribution in [0.3, 0.4) is 0 Å². The molecule has 1 saturated carbocycles. The third-order valence-corrected chi connectivity index (χ3v) is 5.50. The number of carbonyl (C=O) groups is 1. The first-order valence-corrected chi connectivity index (χ1v) is 8.53. The molecule has 2 heterocycles. The molecule has 0 radical (unpaired) electrons. The Morgan fingerprint density at radius 1 is 1.33 bits per heavy atom. The molecular weight excluding hydrogens is 286 g/mol. The Balaban J connectivity index is 1.91. The summed E-state index contributed by atoms with van der Waals surface area (Å²) in [6.07, 6.45) is 4.33. The van der Waals surface area contributed by atoms with E-state index in [2.05, 4.69) is 4.90 Å². The van der Waals surface area contributed by atoms with Crippen LogP contribution < -0.4 is 16.4 Å². The lowest BCUT2D eigenvalue weighted by Crippen LogP contribution is -2.39. The van der Waals surface area contributed by atoms with Gasteiger partial charge in [-0.1, -0.05) is 0 Å². The topological polar surface area (TPSA) is 81.6 Å². The number of hydrogen-bond acceptors (Lipinski definition) is 6. The highest BCUT2D eigenvalue weighted by Crippen LogP contribution is 2.52. The molecule has 1 aromatic rings. The maximum absolute atomic E-state index is 12.1. The molecule has 1 saturated heterocycles. The monoisotopic (exact) mass is 309 g/mol. The maximum atomic E-state index is 12.1. The van der Waals surface area contributed by atoms with Gasteiger partial charge in [0.2, 0.25) is 0 Å². The molecule has 4 N–H and O–H groups in total. The molecule has 1 aromatic heterocycles. The molecule has 0 spiro atoms. The van der Waals surface area contributed by atoms with Gasteiger partial charge in [0.15, 0.2) is 0 Å². The second-order valence-corrected chi connectivity index (χ2v) is 6.88. The number of thiophene rings is 1. The van der Waals surface area contributed by atoms with Crippen LogP contribution in [0.5, 0.6) is 0 Å². The summed E-state index contributed by atoms with van der Waals surface area (Å²) < 4.78 is 5.13. The lowest BCUT2D eigenvalue weighted by Gasteiger charge is -2.31. The Morgan fingerprint density at radius 3 is 2.57 bits per heavy atom. The third-order valence-electron chi connectivity index (χ3n) is 4.24. The summed E-state index contributed by atoms with van der Waals surface area (Å²) >= 11 is 1.50. The van der Waals surface area contributed by atoms with Gasteiger partial charge in [-0.2, -0.15) is 0 Å². The van der Waals surface area contributed by atoms with Crippen molar-refractivity contribution in [2.45, 2.75) is 44.6 Å². The number of nitrogens with two attached hydrogens (primary N) is 2. The minimum Gasteiger partial charge on any atom is -0.462 e. The van der Waals surface area contributed by atoms with Crippen LogP contribution in [0.2, 0.25) is 0 Å². The highest BCUT2D eigenvalue weighted by atomic mass is 32.1. The van der Waals surface area contributed by atoms with E-state index in [9.17, 15) is 4.79 Å². The van der Waals surface area contributed by atoms with Crippen LogP contribution >= 0.6 is 11.3 Å². The first kappa shape index (κ1) is 14.7. The highest BCUT2D eigenvalue weighted by Gasteiger charge is 2.35. The van der Waals surface area contributed by atoms with Gasteiger partial charge in [0, 0.05) is 24.7 Å². The van der Waals surface area contributed by atoms with Crippen LogP contribution in [0, 0.1) is 0 Å². The number of hydrogen-bond donors (Lipinski definition) is 2. The van der Waals surface area contributed by atoms with E-state index < -0.39 is 0 Å². The Hall–Kier alpha value is -1.27. The van der Waals surface area contributed by atoms with Crippen molar-refractivity contribution in [3.63, 3.8) is 0 Å². The molecule has 1 aliphatic heterocycles. The molecule has 0 unspecified atom stereocenters. The predicted octanol–water partition coefficient (Wildman–Crippen LogP) is 2.31. The molecule has 1 aliphatic carbocycles. The lowest BCUT2D eigenvalue weighted by molar-refractivity contribution is 0.0533. The van der Waals surface area contributed by atoms with Crippen LogP contribution in [0.15, 0.2) is 0 Å². The number of rotatable bonds is 4. The first-order valence-electron chi connectivity index (χ1n) is 7.71. The Morgan fingerprint density at radius 2 is 2.00 bits per heavy atom. The van der Waals surface area contributed by atoms with Gasteiger partial charge in [0.05, 0.1) is 17.3 Å². The van der Waals surface area contributed by atoms with Crippen molar-refractivity contribution >= 4 is 28.0 Å². The van der Waals surface area contributed by atoms with Crippen LogP contribution in [0.25, 0.3) is 0 Å². The summed E-state index contributed by atoms with van der Waals surface area (Å²) in [5, 5.41) is 1.17. The fourth-order valence-electron chi connectivity index (χ4n) is 2.90. The summed E-state index contributed by atoms with van der Waals surface area (Å²) in [6.45, 7) is 4.09. The average Bonchev–Trinajstić information content (AvgIpc) is 3.23. The first-order chi connectivity index (χ1) is 10.1. The molecule has 3 rings (SSSR count). The number of nitrogen functional groups attached to an aromatic ring is 1. The van der Waals surface area contributed by atoms with Crippen LogP contribution in [-0.2, 0) is 4.74 Å². The van der Waals surface area contributed by atoms with Gasteiger partial charge < -0.3 is 21.1 Å². The standard InChI is InChI=1S/C15H23N3O2S/c1-2-20-15(19)13-12(17)11(9-3-4-9)14(21-13)18-7-5-10(16)6-8-18/h9-10H,2-8,16-17H2,1H3. The van der Waals surface area contributed by atoms with E-state index in [1.807, 2.05) is 6.92 Å². The molecule has 6 heteroatoms. The van der Waals surface area contributed by atoms with Crippen LogP contribution in [0.4, 0.5) is 10.7 Å². The van der Waals surface area contributed by atoms with E-state index in [0.29, 0.717) is 29.1 Å². The number of nitrogens with zero attached hydrogens (tertiary/aromatic N) is 1. The van der Waals surface area contributed by atoms with Gasteiger partial charge in [-0.25, -0.2) is 4.79 Å². The summed E-state index contributed by atoms with van der Waals surface area (Å²) in [5.74, 6) is 0.233. The summed E-state index contributed by atoms with van der Waals surface area (Å²) in [4.78, 5) is 15.0. The Labute approximate surface area is 129 Å². The molecular formula is C15H23N3O2S. The SMILES string of the molecule is CCOC(=O)c1sc(N2CCC(N)CC2)c(C2CC2)c1N. The minimum atomic E-state index is -0.290. The van der Waals surface area contributed by atoms with Crippen LogP contribution in [-0.4, -0.2) is 31.7 Å². The van der Waals surface area contributed by atoms with Crippen molar-refractivity contribution < 1.29 is 9.53 Å². The number of piperidine rings is 1. The van der Waals surface area contributed by atoms with E-state index in [-0.39, 0.29) is 5.97 Å². The minimum absolute atomic E-state index is 0.290. The van der Waals surface area contributed by atoms with Gasteiger partial charge in [0.1, 0.15) is 4.88 Å². The second-order valence-electron chi connectivity index (χ2n) is 5.88. The number of esters is 1. The molecule has 0 aromatic carbocycles. The average molecular weight is 309 g/mol. The molecule has 0 amide bonds. The van der Waals surface area contributed by atoms with Gasteiger partial charge in [-0.15, -0.1) is 11.3 Å². The van der Waals surface area contributed by atoms with Crippen molar-refractivity contribution in [3.8, 4) is 0 Å². The molecule has 5 nitrogen and oxygen atoms in total. The fourth-order valence-corrected chi connectivity index (χ4v) is 4.15. The fraction of sp³-hybridized carbons (Fsp3) is 0.667. The largest absolute Gasteiger partial charge is 0.462 e. The van der Waals surface area contributed by atoms with E-state index in [4.69, 9.17) is 16.2 Å². The smallest absolute Gasteiger partial charge is 0.350 e. The van der Waals surface area contributed by atoms with Gasteiger partial charge in [0.25, 0.3) is 0 Å². The highest BCUT2D eigenvalue weighted by molar-refractivity contribution is 7.18. The van der Waals surface area contributed by atoms with Crippen molar-refractivity contribution in [1.82, 2.24) is 0 Å². The predicted molar refractivity (Wildman–Crippen MR) is 86.1 cm³/mol. The van der Waals surface area contributed by atoms with E-state index in [1.54, 1.807) is 0 Å². The maximum Gasteiger partial charge on any atom is 0.350 e. The van der Waals surface area contributed by atoms with Crippen molar-refractivity contribution in [2.75, 3.05) is 30.3 Å². The molecule has 2 aliphatic rings. The summed E-state index contributed by atoms with van der Waals surface area (Å²) in [7, 11) is 0. The zero-order valence-corrected chi connectivity index (χ0v) is 13.2. The molecule has 2 fully saturated rings. The number of anilines is 2. The number of ether oxygens (including phenoxy) is 1. The van der Waals surface area contributed by atoms with E-state index in [0.717, 1.165) is 25.9 Å². The Bertz CT molecular complexity index is 531. The summed E-state index contributed by atoms with van der Waals surface area (Å²) in [5.41, 5.74) is 14.1. The lowest BCUT2D eigenvalue weighted by atomic mass is 10.1. The summed E-state index contributed by atoms with van der Waals surface area (Å²) in [6, 6.07) is 0.299. The Kier molecular flexibility index (Phi) is 4.08. The zero-order valence-electron chi connectivity index (χ0n) is 12.4.